The summed E-state index contributed by atoms with van der Waals surface area (Å²) in [4.78, 5) is 24.3. The molecule has 0 aliphatic heterocycles. The zero-order valence-corrected chi connectivity index (χ0v) is 18.3. The van der Waals surface area contributed by atoms with Gasteiger partial charge in [-0.25, -0.2) is 0 Å². The number of carbonyl (C=O) groups is 2. The number of ether oxygens (including phenoxy) is 4. The maximum absolute atomic E-state index is 12.1. The summed E-state index contributed by atoms with van der Waals surface area (Å²) in [6, 6.07) is 14.0. The predicted octanol–water partition coefficient (Wildman–Crippen LogP) is 2.56. The van der Waals surface area contributed by atoms with E-state index < -0.39 is 12.2 Å². The Morgan fingerprint density at radius 2 is 1.00 bits per heavy atom. The van der Waals surface area contributed by atoms with Crippen LogP contribution in [0.25, 0.3) is 0 Å². The van der Waals surface area contributed by atoms with Crippen molar-refractivity contribution in [1.29, 1.82) is 0 Å². The molecule has 2 N–H and O–H groups in total. The summed E-state index contributed by atoms with van der Waals surface area (Å²) in [7, 11) is 3.17. The van der Waals surface area contributed by atoms with Crippen LogP contribution >= 0.6 is 0 Å². The molecule has 2 atom stereocenters. The summed E-state index contributed by atoms with van der Waals surface area (Å²) in [5.74, 6) is 2.16. The van der Waals surface area contributed by atoms with Gasteiger partial charge in [0.15, 0.2) is 12.2 Å². The largest absolute Gasteiger partial charge is 0.497 e. The maximum atomic E-state index is 12.1. The van der Waals surface area contributed by atoms with E-state index in [1.807, 2.05) is 0 Å². The van der Waals surface area contributed by atoms with Crippen molar-refractivity contribution in [2.24, 2.45) is 0 Å². The molecule has 31 heavy (non-hydrogen) atoms. The van der Waals surface area contributed by atoms with Gasteiger partial charge in [-0.15, -0.1) is 0 Å². The number of benzene rings is 2. The number of amides is 2. The normalized spacial score (nSPS) is 12.3. The molecule has 2 unspecified atom stereocenters. The van der Waals surface area contributed by atoms with E-state index in [9.17, 15) is 9.59 Å². The van der Waals surface area contributed by atoms with Gasteiger partial charge in [-0.05, 0) is 68.8 Å². The Balaban J connectivity index is 1.62. The molecule has 2 rings (SSSR count). The van der Waals surface area contributed by atoms with Gasteiger partial charge >= 0.3 is 0 Å². The Morgan fingerprint density at radius 3 is 1.32 bits per heavy atom. The van der Waals surface area contributed by atoms with Gasteiger partial charge in [-0.3, -0.25) is 9.59 Å². The zero-order chi connectivity index (χ0) is 22.6. The van der Waals surface area contributed by atoms with Crippen LogP contribution in [0.1, 0.15) is 20.3 Å². The molecular weight excluding hydrogens is 400 g/mol. The molecule has 168 valence electrons. The van der Waals surface area contributed by atoms with Gasteiger partial charge in [0, 0.05) is 13.1 Å². The molecule has 0 heterocycles. The summed E-state index contributed by atoms with van der Waals surface area (Å²) in [5, 5.41) is 5.59. The first kappa shape index (κ1) is 23.9. The highest BCUT2D eigenvalue weighted by Gasteiger charge is 2.16. The Kier molecular flexibility index (Phi) is 9.48. The third kappa shape index (κ3) is 8.08. The van der Waals surface area contributed by atoms with Crippen molar-refractivity contribution in [1.82, 2.24) is 10.6 Å². The second-order valence-electron chi connectivity index (χ2n) is 6.81. The highest BCUT2D eigenvalue weighted by atomic mass is 16.5. The summed E-state index contributed by atoms with van der Waals surface area (Å²) in [6.07, 6.45) is -0.691. The second-order valence-corrected chi connectivity index (χ2v) is 6.81. The predicted molar refractivity (Wildman–Crippen MR) is 117 cm³/mol. The van der Waals surface area contributed by atoms with E-state index in [0.717, 1.165) is 11.5 Å². The van der Waals surface area contributed by atoms with Crippen LogP contribution in [-0.2, 0) is 9.59 Å². The summed E-state index contributed by atoms with van der Waals surface area (Å²) < 4.78 is 21.4. The lowest BCUT2D eigenvalue weighted by Crippen LogP contribution is -2.39. The molecular formula is C23H30N2O6. The summed E-state index contributed by atoms with van der Waals surface area (Å²) in [6.45, 7) is 4.20. The van der Waals surface area contributed by atoms with E-state index in [2.05, 4.69) is 10.6 Å². The fourth-order valence-corrected chi connectivity index (χ4v) is 2.62. The van der Waals surface area contributed by atoms with Crippen molar-refractivity contribution in [2.45, 2.75) is 32.5 Å². The number of rotatable bonds is 12. The average Bonchev–Trinajstić information content (AvgIpc) is 2.79. The third-order valence-corrected chi connectivity index (χ3v) is 4.44. The van der Waals surface area contributed by atoms with E-state index in [1.54, 1.807) is 76.6 Å². The van der Waals surface area contributed by atoms with Crippen LogP contribution in [0.5, 0.6) is 23.0 Å². The molecule has 8 heteroatoms. The number of hydrogen-bond donors (Lipinski definition) is 2. The number of methoxy groups -OCH3 is 2. The molecule has 0 aliphatic carbocycles. The van der Waals surface area contributed by atoms with Crippen molar-refractivity contribution >= 4 is 11.8 Å². The van der Waals surface area contributed by atoms with Crippen molar-refractivity contribution in [3.05, 3.63) is 48.5 Å². The van der Waals surface area contributed by atoms with Gasteiger partial charge in [-0.1, -0.05) is 0 Å². The quantitative estimate of drug-likeness (QED) is 0.503. The van der Waals surface area contributed by atoms with Gasteiger partial charge < -0.3 is 29.6 Å². The lowest BCUT2D eigenvalue weighted by molar-refractivity contribution is -0.127. The summed E-state index contributed by atoms with van der Waals surface area (Å²) >= 11 is 0. The fraction of sp³-hybridized carbons (Fsp3) is 0.391. The standard InChI is InChI=1S/C23H30N2O6/c1-16(30-20-10-6-18(28-3)7-11-20)22(26)24-14-5-15-25-23(27)17(2)31-21-12-8-19(29-4)9-13-21/h6-13,16-17H,5,14-15H2,1-4H3,(H,24,26)(H,25,27). The van der Waals surface area contributed by atoms with E-state index >= 15 is 0 Å². The molecule has 0 bridgehead atoms. The molecule has 0 radical (unpaired) electrons. The van der Waals surface area contributed by atoms with Crippen molar-refractivity contribution in [2.75, 3.05) is 27.3 Å². The first-order valence-corrected chi connectivity index (χ1v) is 10.1. The highest BCUT2D eigenvalue weighted by molar-refractivity contribution is 5.81. The molecule has 0 fully saturated rings. The van der Waals surface area contributed by atoms with E-state index in [4.69, 9.17) is 18.9 Å². The van der Waals surface area contributed by atoms with Gasteiger partial charge in [0.05, 0.1) is 14.2 Å². The van der Waals surface area contributed by atoms with E-state index in [-0.39, 0.29) is 11.8 Å². The van der Waals surface area contributed by atoms with Crippen LogP contribution in [0.15, 0.2) is 48.5 Å². The number of carbonyl (C=O) groups excluding carboxylic acids is 2. The Hall–Kier alpha value is -3.42. The van der Waals surface area contributed by atoms with Gasteiger partial charge in [0.2, 0.25) is 0 Å². The molecule has 0 aromatic heterocycles. The van der Waals surface area contributed by atoms with E-state index in [0.29, 0.717) is 31.0 Å². The second kappa shape index (κ2) is 12.3. The average molecular weight is 431 g/mol. The number of nitrogens with one attached hydrogen (secondary N) is 2. The van der Waals surface area contributed by atoms with Gasteiger partial charge in [0.25, 0.3) is 11.8 Å². The summed E-state index contributed by atoms with van der Waals surface area (Å²) in [5.41, 5.74) is 0. The molecule has 2 aromatic rings. The van der Waals surface area contributed by atoms with Gasteiger partial charge in [-0.2, -0.15) is 0 Å². The Morgan fingerprint density at radius 1 is 0.677 bits per heavy atom. The van der Waals surface area contributed by atoms with Crippen molar-refractivity contribution < 1.29 is 28.5 Å². The minimum Gasteiger partial charge on any atom is -0.497 e. The smallest absolute Gasteiger partial charge is 0.260 e. The van der Waals surface area contributed by atoms with Crippen LogP contribution in [0.4, 0.5) is 0 Å². The van der Waals surface area contributed by atoms with Crippen LogP contribution in [-0.4, -0.2) is 51.3 Å². The molecule has 0 saturated heterocycles. The van der Waals surface area contributed by atoms with Crippen LogP contribution < -0.4 is 29.6 Å². The van der Waals surface area contributed by atoms with Crippen LogP contribution in [0.2, 0.25) is 0 Å². The third-order valence-electron chi connectivity index (χ3n) is 4.44. The molecule has 2 aromatic carbocycles. The fourth-order valence-electron chi connectivity index (χ4n) is 2.62. The first-order valence-electron chi connectivity index (χ1n) is 10.1. The Bertz CT molecular complexity index is 753. The monoisotopic (exact) mass is 430 g/mol. The molecule has 0 aliphatic rings. The van der Waals surface area contributed by atoms with Crippen LogP contribution in [0, 0.1) is 0 Å². The Labute approximate surface area is 182 Å². The topological polar surface area (TPSA) is 95.1 Å². The molecule has 8 nitrogen and oxygen atoms in total. The zero-order valence-electron chi connectivity index (χ0n) is 18.3. The minimum atomic E-state index is -0.638. The lowest BCUT2D eigenvalue weighted by Gasteiger charge is -2.16. The molecule has 0 saturated carbocycles. The van der Waals surface area contributed by atoms with Gasteiger partial charge in [0.1, 0.15) is 23.0 Å². The van der Waals surface area contributed by atoms with E-state index in [1.165, 1.54) is 0 Å². The SMILES string of the molecule is COc1ccc(OC(C)C(=O)NCCCNC(=O)C(C)Oc2ccc(OC)cc2)cc1. The van der Waals surface area contributed by atoms with Crippen molar-refractivity contribution in [3.63, 3.8) is 0 Å². The number of hydrogen-bond acceptors (Lipinski definition) is 6. The highest BCUT2D eigenvalue weighted by Crippen LogP contribution is 2.19. The molecule has 0 spiro atoms. The molecule has 2 amide bonds. The van der Waals surface area contributed by atoms with Crippen molar-refractivity contribution in [3.8, 4) is 23.0 Å². The van der Waals surface area contributed by atoms with Crippen LogP contribution in [0.3, 0.4) is 0 Å². The lowest BCUT2D eigenvalue weighted by atomic mass is 10.3. The minimum absolute atomic E-state index is 0.224. The first-order chi connectivity index (χ1) is 14.9. The maximum Gasteiger partial charge on any atom is 0.260 e.